The van der Waals surface area contributed by atoms with Gasteiger partial charge >= 0.3 is 0 Å². The Hall–Kier alpha value is -2.96. The second kappa shape index (κ2) is 13.4. The molecule has 13 heteroatoms. The van der Waals surface area contributed by atoms with Crippen molar-refractivity contribution in [3.05, 3.63) is 58.7 Å². The van der Waals surface area contributed by atoms with Crippen molar-refractivity contribution in [3.63, 3.8) is 0 Å². The van der Waals surface area contributed by atoms with Crippen LogP contribution in [0.2, 0.25) is 0 Å². The van der Waals surface area contributed by atoms with Gasteiger partial charge in [-0.25, -0.2) is 0 Å². The summed E-state index contributed by atoms with van der Waals surface area (Å²) in [4.78, 5) is 0. The molecule has 0 spiro atoms. The van der Waals surface area contributed by atoms with Gasteiger partial charge in [0.25, 0.3) is 0 Å². The SMILES string of the molecule is OCC(O)CC1(O)c2cc(C#C[C@H]3O[C@H](CO)[C@@H](O)[C@H](O)[C@@H]3O)ccc2-c2ccc(C#C[C@H]3O[C@H](CO)[C@@H](O)[C@H](O)[C@@H]3O)cc21. The van der Waals surface area contributed by atoms with Crippen LogP contribution in [0, 0.1) is 23.7 Å². The van der Waals surface area contributed by atoms with E-state index in [9.17, 15) is 56.2 Å². The van der Waals surface area contributed by atoms with Crippen LogP contribution in [-0.4, -0.2) is 143 Å². The van der Waals surface area contributed by atoms with Gasteiger partial charge in [0.1, 0.15) is 66.6 Å². The minimum absolute atomic E-state index is 0.295. The van der Waals surface area contributed by atoms with Crippen LogP contribution in [0.4, 0.5) is 0 Å². The van der Waals surface area contributed by atoms with Gasteiger partial charge in [0.15, 0.2) is 0 Å². The summed E-state index contributed by atoms with van der Waals surface area (Å²) in [5, 5.41) is 112. The molecule has 11 atom stereocenters. The molecule has 242 valence electrons. The zero-order valence-corrected chi connectivity index (χ0v) is 23.9. The zero-order valence-electron chi connectivity index (χ0n) is 23.9. The second-order valence-electron chi connectivity index (χ2n) is 11.5. The molecule has 2 aromatic rings. The van der Waals surface area contributed by atoms with Crippen molar-refractivity contribution < 1.29 is 65.6 Å². The van der Waals surface area contributed by atoms with Crippen LogP contribution in [0.15, 0.2) is 36.4 Å². The lowest BCUT2D eigenvalue weighted by atomic mass is 9.85. The summed E-state index contributed by atoms with van der Waals surface area (Å²) in [5.41, 5.74) is 0.897. The lowest BCUT2D eigenvalue weighted by Gasteiger charge is -2.37. The average molecular weight is 629 g/mol. The Balaban J connectivity index is 1.47. The molecule has 0 radical (unpaired) electrons. The van der Waals surface area contributed by atoms with E-state index in [2.05, 4.69) is 23.7 Å². The predicted octanol–water partition coefficient (Wildman–Crippen LogP) is -3.97. The molecule has 2 heterocycles. The molecule has 45 heavy (non-hydrogen) atoms. The highest BCUT2D eigenvalue weighted by molar-refractivity contribution is 5.81. The number of ether oxygens (including phenoxy) is 2. The van der Waals surface area contributed by atoms with Crippen LogP contribution >= 0.6 is 0 Å². The van der Waals surface area contributed by atoms with Crippen LogP contribution in [0.1, 0.15) is 28.7 Å². The Kier molecular flexibility index (Phi) is 9.96. The maximum Gasteiger partial charge on any atom is 0.147 e. The maximum absolute atomic E-state index is 12.1. The van der Waals surface area contributed by atoms with Gasteiger partial charge in [0.2, 0.25) is 0 Å². The molecule has 1 unspecified atom stereocenters. The van der Waals surface area contributed by atoms with Gasteiger partial charge < -0.3 is 65.6 Å². The topological polar surface area (TPSA) is 241 Å². The highest BCUT2D eigenvalue weighted by atomic mass is 16.5. The van der Waals surface area contributed by atoms with Crippen LogP contribution in [-0.2, 0) is 15.1 Å². The lowest BCUT2D eigenvalue weighted by molar-refractivity contribution is -0.214. The first-order valence-corrected chi connectivity index (χ1v) is 14.4. The largest absolute Gasteiger partial charge is 0.394 e. The first kappa shape index (κ1) is 33.4. The minimum atomic E-state index is -1.81. The molecule has 11 N–H and O–H groups in total. The van der Waals surface area contributed by atoms with Gasteiger partial charge in [-0.05, 0) is 46.5 Å². The van der Waals surface area contributed by atoms with E-state index < -0.39 is 92.6 Å². The van der Waals surface area contributed by atoms with Crippen molar-refractivity contribution >= 4 is 0 Å². The standard InChI is InChI=1S/C32H36O13/c33-12-17(36)11-32(43)20-9-15(3-7-22-26(37)30(41)28(39)24(13-34)44-22)1-5-18(20)19-6-2-16(10-21(19)32)4-8-23-27(38)31(42)29(40)25(14-35)45-23/h1-2,5-6,9-10,17,22-31,33-43H,11-14H2/t17?,22-,23-,24-,25-,26-,27-,28-,29-,30-,31-/m1/s1. The third kappa shape index (κ3) is 6.25. The molecule has 13 nitrogen and oxygen atoms in total. The van der Waals surface area contributed by atoms with Crippen molar-refractivity contribution in [2.75, 3.05) is 19.8 Å². The van der Waals surface area contributed by atoms with Crippen LogP contribution < -0.4 is 0 Å². The molecule has 2 fully saturated rings. The molecule has 3 aliphatic rings. The minimum Gasteiger partial charge on any atom is -0.394 e. The monoisotopic (exact) mass is 628 g/mol. The van der Waals surface area contributed by atoms with E-state index in [-0.39, 0.29) is 6.42 Å². The normalized spacial score (nSPS) is 34.0. The van der Waals surface area contributed by atoms with Gasteiger partial charge in [0.05, 0.1) is 25.9 Å². The Morgan fingerprint density at radius 2 is 1.07 bits per heavy atom. The quantitative estimate of drug-likeness (QED) is 0.142. The van der Waals surface area contributed by atoms with Gasteiger partial charge in [-0.1, -0.05) is 35.8 Å². The van der Waals surface area contributed by atoms with E-state index in [0.717, 1.165) is 0 Å². The molecule has 0 aromatic heterocycles. The molecule has 5 rings (SSSR count). The molecular formula is C32H36O13. The van der Waals surface area contributed by atoms with Crippen molar-refractivity contribution in [2.45, 2.75) is 79.2 Å². The van der Waals surface area contributed by atoms with Crippen molar-refractivity contribution in [1.82, 2.24) is 0 Å². The fraction of sp³-hybridized carbons (Fsp3) is 0.500. The Morgan fingerprint density at radius 1 is 0.644 bits per heavy atom. The summed E-state index contributed by atoms with van der Waals surface area (Å²) >= 11 is 0. The summed E-state index contributed by atoms with van der Waals surface area (Å²) in [6, 6.07) is 9.87. The molecule has 0 saturated carbocycles. The van der Waals surface area contributed by atoms with E-state index in [1.807, 2.05) is 0 Å². The Morgan fingerprint density at radius 3 is 1.44 bits per heavy atom. The fourth-order valence-electron chi connectivity index (χ4n) is 5.92. The zero-order chi connectivity index (χ0) is 32.6. The number of hydrogen-bond acceptors (Lipinski definition) is 13. The molecular weight excluding hydrogens is 592 g/mol. The third-order valence-electron chi connectivity index (χ3n) is 8.46. The number of aliphatic hydroxyl groups excluding tert-OH is 10. The van der Waals surface area contributed by atoms with E-state index in [4.69, 9.17) is 9.47 Å². The van der Waals surface area contributed by atoms with E-state index in [0.29, 0.717) is 33.4 Å². The van der Waals surface area contributed by atoms with E-state index in [1.54, 1.807) is 36.4 Å². The van der Waals surface area contributed by atoms with Crippen LogP contribution in [0.5, 0.6) is 0 Å². The Bertz CT molecular complexity index is 1400. The predicted molar refractivity (Wildman–Crippen MR) is 154 cm³/mol. The van der Waals surface area contributed by atoms with Gasteiger partial charge in [-0.2, -0.15) is 0 Å². The van der Waals surface area contributed by atoms with Crippen LogP contribution in [0.25, 0.3) is 11.1 Å². The highest BCUT2D eigenvalue weighted by Crippen LogP contribution is 2.50. The van der Waals surface area contributed by atoms with Crippen molar-refractivity contribution in [2.24, 2.45) is 0 Å². The lowest BCUT2D eigenvalue weighted by Crippen LogP contribution is -2.58. The molecule has 2 aliphatic heterocycles. The van der Waals surface area contributed by atoms with Gasteiger partial charge in [0, 0.05) is 17.5 Å². The molecule has 0 bridgehead atoms. The number of aliphatic hydroxyl groups is 11. The summed E-state index contributed by atoms with van der Waals surface area (Å²) in [6.45, 7) is -1.83. The van der Waals surface area contributed by atoms with Crippen molar-refractivity contribution in [1.29, 1.82) is 0 Å². The first-order chi connectivity index (χ1) is 21.4. The molecule has 2 saturated heterocycles. The summed E-state index contributed by atoms with van der Waals surface area (Å²) in [7, 11) is 0. The molecule has 0 amide bonds. The maximum atomic E-state index is 12.1. The number of benzene rings is 2. The van der Waals surface area contributed by atoms with Gasteiger partial charge in [-0.15, -0.1) is 0 Å². The number of fused-ring (bicyclic) bond motifs is 3. The second-order valence-corrected chi connectivity index (χ2v) is 11.5. The molecule has 2 aromatic carbocycles. The fourth-order valence-corrected chi connectivity index (χ4v) is 5.92. The number of rotatable bonds is 5. The first-order valence-electron chi connectivity index (χ1n) is 14.4. The van der Waals surface area contributed by atoms with Gasteiger partial charge in [-0.3, -0.25) is 0 Å². The highest BCUT2D eigenvalue weighted by Gasteiger charge is 2.45. The summed E-state index contributed by atoms with van der Waals surface area (Å²) in [6.07, 6.45) is -15.6. The number of hydrogen-bond donors (Lipinski definition) is 11. The smallest absolute Gasteiger partial charge is 0.147 e. The van der Waals surface area contributed by atoms with E-state index in [1.165, 1.54) is 0 Å². The van der Waals surface area contributed by atoms with Crippen molar-refractivity contribution in [3.8, 4) is 34.8 Å². The summed E-state index contributed by atoms with van der Waals surface area (Å²) < 4.78 is 10.9. The molecule has 1 aliphatic carbocycles. The average Bonchev–Trinajstić information content (AvgIpc) is 3.28. The van der Waals surface area contributed by atoms with Crippen LogP contribution in [0.3, 0.4) is 0 Å². The Labute approximate surface area is 258 Å². The van der Waals surface area contributed by atoms with E-state index >= 15 is 0 Å². The third-order valence-corrected chi connectivity index (χ3v) is 8.46. The summed E-state index contributed by atoms with van der Waals surface area (Å²) in [5.74, 6) is 11.0.